The molecule has 7 heteroatoms. The first-order chi connectivity index (χ1) is 15.6. The number of nitrogens with zero attached hydrogens (tertiary/aromatic N) is 3. The Morgan fingerprint density at radius 3 is 2.69 bits per heavy atom. The summed E-state index contributed by atoms with van der Waals surface area (Å²) in [4.78, 5) is 14.6. The van der Waals surface area contributed by atoms with Crippen molar-refractivity contribution in [1.82, 2.24) is 14.7 Å². The predicted octanol–water partition coefficient (Wildman–Crippen LogP) is 4.65. The number of aryl methyl sites for hydroxylation is 1. The summed E-state index contributed by atoms with van der Waals surface area (Å²) in [5, 5.41) is 7.46. The van der Waals surface area contributed by atoms with E-state index in [1.165, 1.54) is 17.8 Å². The number of ether oxygens (including phenoxy) is 1. The first kappa shape index (κ1) is 20.7. The van der Waals surface area contributed by atoms with E-state index in [-0.39, 0.29) is 11.9 Å². The molecule has 2 bridgehead atoms. The molecule has 6 nitrogen and oxygen atoms in total. The van der Waals surface area contributed by atoms with Gasteiger partial charge < -0.3 is 4.74 Å². The van der Waals surface area contributed by atoms with E-state index in [0.29, 0.717) is 18.4 Å². The van der Waals surface area contributed by atoms with Crippen molar-refractivity contribution in [2.75, 3.05) is 25.0 Å². The number of para-hydroxylation sites is 1. The standard InChI is InChI=1S/C25H27FN4O2/c1-29-24(14-23(28-29)17-7-9-19(26)10-8-17)22-15-30-12-11-18(22)13-21(30)16-32-25(31)27-20-5-3-2-4-6-20/h2-10,14,18,21-22H,11-13,15-16H2,1H3,(H,27,31). The third-order valence-corrected chi connectivity index (χ3v) is 6.74. The molecule has 0 aliphatic carbocycles. The number of hydrogen-bond donors (Lipinski definition) is 1. The molecule has 1 amide bonds. The Morgan fingerprint density at radius 2 is 1.97 bits per heavy atom. The third kappa shape index (κ3) is 4.25. The van der Waals surface area contributed by atoms with Gasteiger partial charge >= 0.3 is 6.09 Å². The highest BCUT2D eigenvalue weighted by molar-refractivity contribution is 5.84. The molecule has 6 rings (SSSR count). The second kappa shape index (κ2) is 8.74. The van der Waals surface area contributed by atoms with E-state index >= 15 is 0 Å². The molecule has 3 aliphatic rings. The molecule has 1 N–H and O–H groups in total. The number of hydrogen-bond acceptors (Lipinski definition) is 4. The Kier molecular flexibility index (Phi) is 5.66. The second-order valence-electron chi connectivity index (χ2n) is 8.71. The van der Waals surface area contributed by atoms with E-state index in [0.717, 1.165) is 42.9 Å². The van der Waals surface area contributed by atoms with E-state index in [2.05, 4.69) is 21.4 Å². The molecule has 0 radical (unpaired) electrons. The third-order valence-electron chi connectivity index (χ3n) is 6.74. The SMILES string of the molecule is Cn1nc(-c2ccc(F)cc2)cc1C1CN2CCC1CC2COC(=O)Nc1ccccc1. The Balaban J connectivity index is 1.22. The number of carbonyl (C=O) groups is 1. The van der Waals surface area contributed by atoms with E-state index < -0.39 is 6.09 Å². The molecule has 3 fully saturated rings. The van der Waals surface area contributed by atoms with E-state index in [4.69, 9.17) is 4.74 Å². The van der Waals surface area contributed by atoms with Crippen LogP contribution in [0.4, 0.5) is 14.9 Å². The molecule has 0 saturated carbocycles. The Labute approximate surface area is 187 Å². The van der Waals surface area contributed by atoms with Crippen molar-refractivity contribution in [2.45, 2.75) is 24.8 Å². The second-order valence-corrected chi connectivity index (χ2v) is 8.71. The number of piperidine rings is 3. The van der Waals surface area contributed by atoms with E-state index in [1.807, 2.05) is 42.1 Å². The highest BCUT2D eigenvalue weighted by Crippen LogP contribution is 2.42. The lowest BCUT2D eigenvalue weighted by Crippen LogP contribution is -2.54. The van der Waals surface area contributed by atoms with Gasteiger partial charge in [0.1, 0.15) is 12.4 Å². The van der Waals surface area contributed by atoms with Gasteiger partial charge in [0.2, 0.25) is 0 Å². The van der Waals surface area contributed by atoms with Gasteiger partial charge in [-0.05, 0) is 67.8 Å². The normalized spacial score (nSPS) is 24.3. The first-order valence-corrected chi connectivity index (χ1v) is 11.1. The lowest BCUT2D eigenvalue weighted by Gasteiger charge is -2.49. The molecule has 1 aromatic heterocycles. The van der Waals surface area contributed by atoms with Crippen LogP contribution in [0.15, 0.2) is 60.7 Å². The fraction of sp³-hybridized carbons (Fsp3) is 0.360. The molecule has 4 atom stereocenters. The molecule has 0 spiro atoms. The Hall–Kier alpha value is -3.19. The van der Waals surface area contributed by atoms with Crippen molar-refractivity contribution >= 4 is 11.8 Å². The van der Waals surface area contributed by atoms with Gasteiger partial charge in [0.05, 0.1) is 5.69 Å². The van der Waals surface area contributed by atoms with Crippen LogP contribution in [0.5, 0.6) is 0 Å². The fourth-order valence-corrected chi connectivity index (χ4v) is 5.08. The van der Waals surface area contributed by atoms with Crippen LogP contribution in [0.1, 0.15) is 24.5 Å². The number of amides is 1. The number of fused-ring (bicyclic) bond motifs is 3. The Bertz CT molecular complexity index is 1080. The average Bonchev–Trinajstić information content (AvgIpc) is 3.20. The molecule has 3 aromatic rings. The van der Waals surface area contributed by atoms with Crippen molar-refractivity contribution < 1.29 is 13.9 Å². The number of benzene rings is 2. The van der Waals surface area contributed by atoms with Crippen molar-refractivity contribution in [3.05, 3.63) is 72.2 Å². The van der Waals surface area contributed by atoms with Gasteiger partial charge in [0.15, 0.2) is 0 Å². The number of nitrogens with one attached hydrogen (secondary N) is 1. The van der Waals surface area contributed by atoms with Crippen LogP contribution in [0.25, 0.3) is 11.3 Å². The van der Waals surface area contributed by atoms with E-state index in [1.54, 1.807) is 12.1 Å². The van der Waals surface area contributed by atoms with Crippen LogP contribution < -0.4 is 5.32 Å². The minimum Gasteiger partial charge on any atom is -0.448 e. The van der Waals surface area contributed by atoms with Gasteiger partial charge in [0, 0.05) is 42.5 Å². The summed E-state index contributed by atoms with van der Waals surface area (Å²) in [6.45, 7) is 2.35. The summed E-state index contributed by atoms with van der Waals surface area (Å²) in [5.41, 5.74) is 3.73. The molecule has 2 aromatic carbocycles. The zero-order valence-corrected chi connectivity index (χ0v) is 18.1. The van der Waals surface area contributed by atoms with Gasteiger partial charge in [-0.25, -0.2) is 9.18 Å². The summed E-state index contributed by atoms with van der Waals surface area (Å²) in [7, 11) is 1.98. The lowest BCUT2D eigenvalue weighted by atomic mass is 9.74. The molecule has 3 aliphatic heterocycles. The summed E-state index contributed by atoms with van der Waals surface area (Å²) in [6, 6.07) is 18.2. The number of halogens is 1. The van der Waals surface area contributed by atoms with Gasteiger partial charge in [-0.2, -0.15) is 5.10 Å². The number of carbonyl (C=O) groups excluding carboxylic acids is 1. The number of aromatic nitrogens is 2. The van der Waals surface area contributed by atoms with Gasteiger partial charge in [-0.3, -0.25) is 14.9 Å². The van der Waals surface area contributed by atoms with E-state index in [9.17, 15) is 9.18 Å². The quantitative estimate of drug-likeness (QED) is 0.635. The zero-order chi connectivity index (χ0) is 22.1. The molecule has 4 unspecified atom stereocenters. The molecular weight excluding hydrogens is 407 g/mol. The summed E-state index contributed by atoms with van der Waals surface area (Å²) in [6.07, 6.45) is 1.72. The largest absolute Gasteiger partial charge is 0.448 e. The molecule has 32 heavy (non-hydrogen) atoms. The number of anilines is 1. The molecule has 166 valence electrons. The van der Waals surface area contributed by atoms with Gasteiger partial charge in [0.25, 0.3) is 0 Å². The predicted molar refractivity (Wildman–Crippen MR) is 121 cm³/mol. The fourth-order valence-electron chi connectivity index (χ4n) is 5.08. The minimum absolute atomic E-state index is 0.243. The highest BCUT2D eigenvalue weighted by Gasteiger charge is 2.42. The van der Waals surface area contributed by atoms with Crippen molar-refractivity contribution in [2.24, 2.45) is 13.0 Å². The zero-order valence-electron chi connectivity index (χ0n) is 18.1. The smallest absolute Gasteiger partial charge is 0.411 e. The van der Waals surface area contributed by atoms with Crippen molar-refractivity contribution in [3.63, 3.8) is 0 Å². The lowest BCUT2D eigenvalue weighted by molar-refractivity contribution is -0.00222. The maximum Gasteiger partial charge on any atom is 0.411 e. The van der Waals surface area contributed by atoms with Gasteiger partial charge in [-0.1, -0.05) is 18.2 Å². The maximum atomic E-state index is 13.3. The summed E-state index contributed by atoms with van der Waals surface area (Å²) < 4.78 is 20.8. The monoisotopic (exact) mass is 434 g/mol. The summed E-state index contributed by atoms with van der Waals surface area (Å²) >= 11 is 0. The van der Waals surface area contributed by atoms with Gasteiger partial charge in [-0.15, -0.1) is 0 Å². The summed E-state index contributed by atoms with van der Waals surface area (Å²) in [5.74, 6) is 0.681. The van der Waals surface area contributed by atoms with Crippen LogP contribution in [0.3, 0.4) is 0 Å². The number of rotatable bonds is 5. The van der Waals surface area contributed by atoms with Crippen LogP contribution in [0.2, 0.25) is 0 Å². The van der Waals surface area contributed by atoms with Crippen molar-refractivity contribution in [1.29, 1.82) is 0 Å². The van der Waals surface area contributed by atoms with Crippen molar-refractivity contribution in [3.8, 4) is 11.3 Å². The topological polar surface area (TPSA) is 59.4 Å². The molecule has 3 saturated heterocycles. The van der Waals surface area contributed by atoms with Crippen LogP contribution >= 0.6 is 0 Å². The first-order valence-electron chi connectivity index (χ1n) is 11.1. The van der Waals surface area contributed by atoms with Crippen LogP contribution in [-0.4, -0.2) is 46.5 Å². The molecular formula is C25H27FN4O2. The molecule has 4 heterocycles. The highest BCUT2D eigenvalue weighted by atomic mass is 19.1. The van der Waals surface area contributed by atoms with Crippen LogP contribution in [0, 0.1) is 11.7 Å². The minimum atomic E-state index is -0.411. The maximum absolute atomic E-state index is 13.3. The van der Waals surface area contributed by atoms with Crippen LogP contribution in [-0.2, 0) is 11.8 Å². The Morgan fingerprint density at radius 1 is 1.19 bits per heavy atom. The average molecular weight is 435 g/mol.